The van der Waals surface area contributed by atoms with E-state index >= 15 is 0 Å². The van der Waals surface area contributed by atoms with Crippen LogP contribution in [-0.4, -0.2) is 11.2 Å². The van der Waals surface area contributed by atoms with Crippen LogP contribution in [0.25, 0.3) is 0 Å². The van der Waals surface area contributed by atoms with Crippen molar-refractivity contribution in [3.8, 4) is 0 Å². The fraction of sp³-hybridized carbons (Fsp3) is 0.714. The summed E-state index contributed by atoms with van der Waals surface area (Å²) in [4.78, 5) is 0. The lowest BCUT2D eigenvalue weighted by molar-refractivity contribution is 0.212. The van der Waals surface area contributed by atoms with Gasteiger partial charge in [-0.2, -0.15) is 0 Å². The number of allylic oxidation sites excluding steroid dienone is 1. The average Bonchev–Trinajstić information content (AvgIpc) is 1.85. The maximum atomic E-state index is 8.99. The number of hydrogen-bond acceptors (Lipinski definition) is 1. The van der Waals surface area contributed by atoms with Crippen LogP contribution in [0.15, 0.2) is 11.6 Å². The summed E-state index contributed by atoms with van der Waals surface area (Å²) in [7, 11) is 0. The summed E-state index contributed by atoms with van der Waals surface area (Å²) in [5.74, 6) is 0.602. The predicted octanol–water partition coefficient (Wildman–Crippen LogP) is 1.33. The van der Waals surface area contributed by atoms with Crippen molar-refractivity contribution in [3.05, 3.63) is 11.6 Å². The molecule has 0 aromatic carbocycles. The number of hydrogen-bond donors (Lipinski definition) is 1. The van der Waals surface area contributed by atoms with Crippen molar-refractivity contribution >= 4 is 0 Å². The third-order valence-corrected chi connectivity index (χ3v) is 1.83. The molecule has 1 nitrogen and oxygen atoms in total. The van der Waals surface area contributed by atoms with Crippen molar-refractivity contribution in [3.63, 3.8) is 0 Å². The smallest absolute Gasteiger partial charge is 0.0729 e. The van der Waals surface area contributed by atoms with E-state index in [1.54, 1.807) is 0 Å². The Morgan fingerprint density at radius 2 is 2.38 bits per heavy atom. The van der Waals surface area contributed by atoms with Gasteiger partial charge in [0, 0.05) is 0 Å². The first kappa shape index (κ1) is 5.83. The molecule has 0 aromatic rings. The van der Waals surface area contributed by atoms with E-state index in [2.05, 4.69) is 13.8 Å². The molecule has 0 saturated heterocycles. The predicted molar refractivity (Wildman–Crippen MR) is 33.5 cm³/mol. The van der Waals surface area contributed by atoms with Crippen LogP contribution in [0.2, 0.25) is 0 Å². The summed E-state index contributed by atoms with van der Waals surface area (Å²) in [6.07, 6.45) is 2.70. The molecule has 0 radical (unpaired) electrons. The Balaban J connectivity index is 2.59. The van der Waals surface area contributed by atoms with Crippen molar-refractivity contribution < 1.29 is 5.11 Å². The highest BCUT2D eigenvalue weighted by Crippen LogP contribution is 2.24. The average molecular weight is 112 g/mol. The first-order valence-electron chi connectivity index (χ1n) is 3.06. The van der Waals surface area contributed by atoms with Gasteiger partial charge in [0.25, 0.3) is 0 Å². The van der Waals surface area contributed by atoms with E-state index < -0.39 is 0 Å². The van der Waals surface area contributed by atoms with Crippen molar-refractivity contribution in [2.45, 2.75) is 26.4 Å². The van der Waals surface area contributed by atoms with Gasteiger partial charge in [0.15, 0.2) is 0 Å². The van der Waals surface area contributed by atoms with Gasteiger partial charge in [-0.05, 0) is 19.3 Å². The maximum Gasteiger partial charge on any atom is 0.0729 e. The van der Waals surface area contributed by atoms with Gasteiger partial charge in [-0.15, -0.1) is 0 Å². The molecule has 1 heteroatoms. The normalized spacial score (nSPS) is 37.6. The summed E-state index contributed by atoms with van der Waals surface area (Å²) in [6.45, 7) is 4.21. The van der Waals surface area contributed by atoms with Crippen molar-refractivity contribution in [1.82, 2.24) is 0 Å². The van der Waals surface area contributed by atoms with Crippen LogP contribution in [0, 0.1) is 5.92 Å². The number of aliphatic hydroxyl groups excluding tert-OH is 1. The van der Waals surface area contributed by atoms with Gasteiger partial charge in [-0.1, -0.05) is 18.6 Å². The van der Waals surface area contributed by atoms with E-state index in [0.717, 1.165) is 6.42 Å². The lowest BCUT2D eigenvalue weighted by atomic mass is 10.1. The second-order valence-electron chi connectivity index (χ2n) is 2.61. The molecule has 0 bridgehead atoms. The van der Waals surface area contributed by atoms with E-state index in [-0.39, 0.29) is 6.10 Å². The molecule has 46 valence electrons. The summed E-state index contributed by atoms with van der Waals surface area (Å²) in [5.41, 5.74) is 1.33. The highest BCUT2D eigenvalue weighted by Gasteiger charge is 2.16. The molecule has 2 unspecified atom stereocenters. The second kappa shape index (κ2) is 1.90. The van der Waals surface area contributed by atoms with Crippen LogP contribution in [0.5, 0.6) is 0 Å². The fourth-order valence-electron chi connectivity index (χ4n) is 1.08. The monoisotopic (exact) mass is 112 g/mol. The van der Waals surface area contributed by atoms with Gasteiger partial charge in [0.1, 0.15) is 0 Å². The largest absolute Gasteiger partial charge is 0.389 e. The SMILES string of the molecule is CC1=CC(O)CC1C. The van der Waals surface area contributed by atoms with Gasteiger partial charge >= 0.3 is 0 Å². The standard InChI is InChI=1S/C7H12O/c1-5-3-7(8)4-6(5)2/h3,6-8H,4H2,1-2H3. The maximum absolute atomic E-state index is 8.99. The molecular weight excluding hydrogens is 100 g/mol. The molecular formula is C7H12O. The van der Waals surface area contributed by atoms with E-state index in [9.17, 15) is 0 Å². The van der Waals surface area contributed by atoms with Gasteiger partial charge in [-0.3, -0.25) is 0 Å². The van der Waals surface area contributed by atoms with Crippen molar-refractivity contribution in [2.24, 2.45) is 5.92 Å². The molecule has 0 amide bonds. The van der Waals surface area contributed by atoms with Crippen LogP contribution < -0.4 is 0 Å². The first-order valence-corrected chi connectivity index (χ1v) is 3.06. The molecule has 1 N–H and O–H groups in total. The van der Waals surface area contributed by atoms with E-state index in [4.69, 9.17) is 5.11 Å². The molecule has 2 atom stereocenters. The minimum absolute atomic E-state index is 0.162. The summed E-state index contributed by atoms with van der Waals surface area (Å²) in [5, 5.41) is 8.99. The Morgan fingerprint density at radius 1 is 1.75 bits per heavy atom. The highest BCUT2D eigenvalue weighted by molar-refractivity contribution is 5.12. The molecule has 0 spiro atoms. The molecule has 0 saturated carbocycles. The summed E-state index contributed by atoms with van der Waals surface area (Å²) >= 11 is 0. The van der Waals surface area contributed by atoms with Gasteiger partial charge in [-0.25, -0.2) is 0 Å². The lowest BCUT2D eigenvalue weighted by Crippen LogP contribution is -1.98. The van der Waals surface area contributed by atoms with Crippen LogP contribution in [0.4, 0.5) is 0 Å². The zero-order chi connectivity index (χ0) is 6.15. The minimum atomic E-state index is -0.162. The number of rotatable bonds is 0. The zero-order valence-electron chi connectivity index (χ0n) is 5.39. The third-order valence-electron chi connectivity index (χ3n) is 1.83. The molecule has 1 aliphatic rings. The minimum Gasteiger partial charge on any atom is -0.389 e. The molecule has 0 fully saturated rings. The fourth-order valence-corrected chi connectivity index (χ4v) is 1.08. The van der Waals surface area contributed by atoms with Crippen LogP contribution in [0.1, 0.15) is 20.3 Å². The van der Waals surface area contributed by atoms with Crippen LogP contribution in [-0.2, 0) is 0 Å². The Labute approximate surface area is 50.0 Å². The van der Waals surface area contributed by atoms with E-state index in [0.29, 0.717) is 5.92 Å². The molecule has 0 aliphatic heterocycles. The Kier molecular flexibility index (Phi) is 1.39. The molecule has 1 aliphatic carbocycles. The Hall–Kier alpha value is -0.300. The Bertz CT molecular complexity index is 116. The molecule has 0 aromatic heterocycles. The van der Waals surface area contributed by atoms with Crippen LogP contribution in [0.3, 0.4) is 0 Å². The topological polar surface area (TPSA) is 20.2 Å². The third kappa shape index (κ3) is 0.920. The van der Waals surface area contributed by atoms with E-state index in [1.165, 1.54) is 5.57 Å². The Morgan fingerprint density at radius 3 is 2.50 bits per heavy atom. The summed E-state index contributed by atoms with van der Waals surface area (Å²) < 4.78 is 0. The first-order chi connectivity index (χ1) is 3.70. The van der Waals surface area contributed by atoms with Gasteiger partial charge in [0.05, 0.1) is 6.10 Å². The highest BCUT2D eigenvalue weighted by atomic mass is 16.3. The van der Waals surface area contributed by atoms with Gasteiger partial charge < -0.3 is 5.11 Å². The lowest BCUT2D eigenvalue weighted by Gasteiger charge is -2.00. The summed E-state index contributed by atoms with van der Waals surface area (Å²) in [6, 6.07) is 0. The second-order valence-corrected chi connectivity index (χ2v) is 2.61. The van der Waals surface area contributed by atoms with Crippen LogP contribution >= 0.6 is 0 Å². The zero-order valence-corrected chi connectivity index (χ0v) is 5.39. The molecule has 1 rings (SSSR count). The quantitative estimate of drug-likeness (QED) is 0.469. The molecule has 8 heavy (non-hydrogen) atoms. The van der Waals surface area contributed by atoms with Gasteiger partial charge in [0.2, 0.25) is 0 Å². The van der Waals surface area contributed by atoms with E-state index in [1.807, 2.05) is 6.08 Å². The van der Waals surface area contributed by atoms with Crippen molar-refractivity contribution in [2.75, 3.05) is 0 Å². The van der Waals surface area contributed by atoms with Crippen molar-refractivity contribution in [1.29, 1.82) is 0 Å². The number of aliphatic hydroxyl groups is 1. The molecule has 0 heterocycles.